The highest BCUT2D eigenvalue weighted by Crippen LogP contribution is 2.11. The molecule has 0 spiro atoms. The van der Waals surface area contributed by atoms with Crippen LogP contribution in [0.4, 0.5) is 0 Å². The Kier molecular flexibility index (Phi) is 6.16. The van der Waals surface area contributed by atoms with Crippen LogP contribution in [0.15, 0.2) is 53.1 Å². The van der Waals surface area contributed by atoms with E-state index in [9.17, 15) is 13.2 Å². The van der Waals surface area contributed by atoms with Gasteiger partial charge in [-0.1, -0.05) is 30.3 Å². The van der Waals surface area contributed by atoms with Crippen molar-refractivity contribution in [3.05, 3.63) is 60.1 Å². The van der Waals surface area contributed by atoms with Gasteiger partial charge in [0.05, 0.1) is 19.1 Å². The fourth-order valence-corrected chi connectivity index (χ4v) is 3.08. The highest BCUT2D eigenvalue weighted by molar-refractivity contribution is 7.88. The topological polar surface area (TPSA) is 70.8 Å². The smallest absolute Gasteiger partial charge is 0.223 e. The molecule has 0 fully saturated rings. The maximum atomic E-state index is 12.3. The number of carbonyl (C=O) groups excluding carboxylic acids is 1. The molecule has 0 aliphatic rings. The van der Waals surface area contributed by atoms with E-state index in [0.717, 1.165) is 11.8 Å². The van der Waals surface area contributed by atoms with Gasteiger partial charge in [-0.2, -0.15) is 4.31 Å². The molecule has 130 valence electrons. The summed E-state index contributed by atoms with van der Waals surface area (Å²) in [7, 11) is -1.70. The largest absolute Gasteiger partial charge is 0.468 e. The van der Waals surface area contributed by atoms with Gasteiger partial charge in [-0.25, -0.2) is 8.42 Å². The third-order valence-corrected chi connectivity index (χ3v) is 4.89. The van der Waals surface area contributed by atoms with Gasteiger partial charge >= 0.3 is 0 Å². The van der Waals surface area contributed by atoms with E-state index in [0.29, 0.717) is 12.3 Å². The summed E-state index contributed by atoms with van der Waals surface area (Å²) in [6, 6.07) is 13.1. The van der Waals surface area contributed by atoms with Crippen LogP contribution in [0.3, 0.4) is 0 Å². The summed E-state index contributed by atoms with van der Waals surface area (Å²) >= 11 is 0. The van der Waals surface area contributed by atoms with Crippen molar-refractivity contribution in [1.82, 2.24) is 9.21 Å². The Bertz CT molecular complexity index is 742. The molecule has 1 aromatic heterocycles. The van der Waals surface area contributed by atoms with Gasteiger partial charge in [-0.15, -0.1) is 0 Å². The summed E-state index contributed by atoms with van der Waals surface area (Å²) in [5, 5.41) is 0. The van der Waals surface area contributed by atoms with Crippen LogP contribution in [0.2, 0.25) is 0 Å². The first-order valence-corrected chi connectivity index (χ1v) is 9.46. The Morgan fingerprint density at radius 1 is 1.08 bits per heavy atom. The number of rotatable bonds is 8. The van der Waals surface area contributed by atoms with Gasteiger partial charge in [0.25, 0.3) is 0 Å². The maximum absolute atomic E-state index is 12.3. The Hall–Kier alpha value is -2.12. The fourth-order valence-electron chi connectivity index (χ4n) is 2.30. The molecule has 1 amide bonds. The number of hydrogen-bond donors (Lipinski definition) is 0. The summed E-state index contributed by atoms with van der Waals surface area (Å²) in [6.45, 7) is 0.746. The predicted octanol–water partition coefficient (Wildman–Crippen LogP) is 2.09. The van der Waals surface area contributed by atoms with E-state index in [1.165, 1.54) is 10.6 Å². The normalized spacial score (nSPS) is 11.6. The summed E-state index contributed by atoms with van der Waals surface area (Å²) in [4.78, 5) is 13.9. The molecule has 7 heteroatoms. The van der Waals surface area contributed by atoms with E-state index < -0.39 is 10.0 Å². The molecule has 1 heterocycles. The number of nitrogens with zero attached hydrogens (tertiary/aromatic N) is 2. The molecular weight excluding hydrogens is 328 g/mol. The second-order valence-corrected chi connectivity index (χ2v) is 7.64. The Balaban J connectivity index is 1.91. The number of hydrogen-bond acceptors (Lipinski definition) is 4. The van der Waals surface area contributed by atoms with Crippen molar-refractivity contribution in [3.63, 3.8) is 0 Å². The van der Waals surface area contributed by atoms with Crippen LogP contribution < -0.4 is 0 Å². The number of carbonyl (C=O) groups is 1. The first-order chi connectivity index (χ1) is 11.4. The van der Waals surface area contributed by atoms with Gasteiger partial charge < -0.3 is 9.32 Å². The van der Waals surface area contributed by atoms with Crippen LogP contribution in [0.25, 0.3) is 0 Å². The molecule has 0 saturated carbocycles. The number of benzene rings is 1. The first-order valence-electron chi connectivity index (χ1n) is 7.61. The van der Waals surface area contributed by atoms with Gasteiger partial charge in [0.15, 0.2) is 0 Å². The fraction of sp³-hybridized carbons (Fsp3) is 0.353. The average Bonchev–Trinajstić information content (AvgIpc) is 3.04. The van der Waals surface area contributed by atoms with E-state index in [-0.39, 0.29) is 25.4 Å². The van der Waals surface area contributed by atoms with Crippen molar-refractivity contribution < 1.29 is 17.6 Å². The van der Waals surface area contributed by atoms with Crippen LogP contribution in [-0.4, -0.2) is 43.4 Å². The van der Waals surface area contributed by atoms with Gasteiger partial charge in [0, 0.05) is 26.6 Å². The van der Waals surface area contributed by atoms with Gasteiger partial charge in [-0.05, 0) is 17.7 Å². The molecule has 24 heavy (non-hydrogen) atoms. The van der Waals surface area contributed by atoms with E-state index in [4.69, 9.17) is 4.42 Å². The lowest BCUT2D eigenvalue weighted by Crippen LogP contribution is -2.34. The van der Waals surface area contributed by atoms with Crippen molar-refractivity contribution in [2.24, 2.45) is 0 Å². The van der Waals surface area contributed by atoms with Crippen LogP contribution >= 0.6 is 0 Å². The molecule has 2 aromatic rings. The highest BCUT2D eigenvalue weighted by Gasteiger charge is 2.20. The molecule has 0 radical (unpaired) electrons. The minimum atomic E-state index is -3.42. The van der Waals surface area contributed by atoms with E-state index in [1.807, 2.05) is 30.3 Å². The maximum Gasteiger partial charge on any atom is 0.223 e. The molecule has 0 saturated heterocycles. The lowest BCUT2D eigenvalue weighted by atomic mass is 10.2. The van der Waals surface area contributed by atoms with Gasteiger partial charge in [-0.3, -0.25) is 4.79 Å². The average molecular weight is 350 g/mol. The number of furan rings is 1. The quantitative estimate of drug-likeness (QED) is 0.731. The zero-order valence-corrected chi connectivity index (χ0v) is 14.7. The van der Waals surface area contributed by atoms with Crippen LogP contribution in [0.1, 0.15) is 17.7 Å². The summed E-state index contributed by atoms with van der Waals surface area (Å²) in [5.74, 6) is 0.442. The Morgan fingerprint density at radius 3 is 2.38 bits per heavy atom. The Morgan fingerprint density at radius 2 is 1.79 bits per heavy atom. The highest BCUT2D eigenvalue weighted by atomic mass is 32.2. The predicted molar refractivity (Wildman–Crippen MR) is 91.5 cm³/mol. The van der Waals surface area contributed by atoms with Gasteiger partial charge in [0.1, 0.15) is 5.76 Å². The summed E-state index contributed by atoms with van der Waals surface area (Å²) < 4.78 is 30.2. The SMILES string of the molecule is CN(Cc1ccccc1)C(=O)CCN(Cc1ccco1)S(C)(=O)=O. The third-order valence-electron chi connectivity index (χ3n) is 3.64. The monoisotopic (exact) mass is 350 g/mol. The van der Waals surface area contributed by atoms with Crippen LogP contribution in [0, 0.1) is 0 Å². The molecule has 0 aliphatic heterocycles. The zero-order valence-electron chi connectivity index (χ0n) is 13.9. The second-order valence-electron chi connectivity index (χ2n) is 5.66. The zero-order chi connectivity index (χ0) is 17.6. The third kappa shape index (κ3) is 5.50. The number of amides is 1. The standard InChI is InChI=1S/C17H22N2O4S/c1-18(13-15-7-4-3-5-8-15)17(20)10-11-19(24(2,21)22)14-16-9-6-12-23-16/h3-9,12H,10-11,13-14H2,1-2H3. The van der Waals surface area contributed by atoms with E-state index >= 15 is 0 Å². The second kappa shape index (κ2) is 8.12. The lowest BCUT2D eigenvalue weighted by Gasteiger charge is -2.21. The van der Waals surface area contributed by atoms with Crippen LogP contribution in [0.5, 0.6) is 0 Å². The molecule has 0 N–H and O–H groups in total. The molecule has 1 aromatic carbocycles. The van der Waals surface area contributed by atoms with Crippen molar-refractivity contribution in [2.75, 3.05) is 19.8 Å². The summed E-state index contributed by atoms with van der Waals surface area (Å²) in [6.07, 6.45) is 2.75. The molecule has 0 aliphatic carbocycles. The van der Waals surface area contributed by atoms with E-state index in [2.05, 4.69) is 0 Å². The minimum Gasteiger partial charge on any atom is -0.468 e. The van der Waals surface area contributed by atoms with Gasteiger partial charge in [0.2, 0.25) is 15.9 Å². The van der Waals surface area contributed by atoms with Crippen molar-refractivity contribution in [1.29, 1.82) is 0 Å². The summed E-state index contributed by atoms with van der Waals surface area (Å²) in [5.41, 5.74) is 1.03. The van der Waals surface area contributed by atoms with E-state index in [1.54, 1.807) is 24.1 Å². The minimum absolute atomic E-state index is 0.105. The van der Waals surface area contributed by atoms with Crippen molar-refractivity contribution >= 4 is 15.9 Å². The van der Waals surface area contributed by atoms with Crippen molar-refractivity contribution in [2.45, 2.75) is 19.5 Å². The molecule has 2 rings (SSSR count). The number of sulfonamides is 1. The molecular formula is C17H22N2O4S. The Labute approximate surface area is 142 Å². The molecule has 6 nitrogen and oxygen atoms in total. The molecule has 0 atom stereocenters. The molecule has 0 bridgehead atoms. The first kappa shape index (κ1) is 18.2. The van der Waals surface area contributed by atoms with Crippen LogP contribution in [-0.2, 0) is 27.9 Å². The van der Waals surface area contributed by atoms with Crippen molar-refractivity contribution in [3.8, 4) is 0 Å². The lowest BCUT2D eigenvalue weighted by molar-refractivity contribution is -0.130. The molecule has 0 unspecified atom stereocenters.